The molecule has 0 radical (unpaired) electrons. The van der Waals surface area contributed by atoms with Crippen molar-refractivity contribution in [2.45, 2.75) is 369 Å². The van der Waals surface area contributed by atoms with Gasteiger partial charge in [-0.3, -0.25) is 4.79 Å². The summed E-state index contributed by atoms with van der Waals surface area (Å²) < 4.78 is 34.3. The highest BCUT2D eigenvalue weighted by Crippen LogP contribution is 2.33. The average Bonchev–Trinajstić information content (AvgIpc) is 2.54. The molecule has 3 aliphatic heterocycles. The monoisotopic (exact) mass is 1210 g/mol. The second-order valence-electron chi connectivity index (χ2n) is 24.7. The van der Waals surface area contributed by atoms with Gasteiger partial charge in [0.15, 0.2) is 18.9 Å². The van der Waals surface area contributed by atoms with E-state index in [4.69, 9.17) is 28.4 Å². The molecule has 3 rings (SSSR count). The van der Waals surface area contributed by atoms with E-state index in [-0.39, 0.29) is 18.9 Å². The Morgan fingerprint density at radius 1 is 0.417 bits per heavy atom. The van der Waals surface area contributed by atoms with Crippen molar-refractivity contribution < 1.29 is 89.4 Å². The highest BCUT2D eigenvalue weighted by molar-refractivity contribution is 5.76. The minimum absolute atomic E-state index is 0.249. The molecule has 3 saturated heterocycles. The molecule has 3 fully saturated rings. The number of carbonyl (C=O) groups is 1. The fraction of sp³-hybridized carbons (Fsp3) is 0.954. The van der Waals surface area contributed by atoms with Gasteiger partial charge >= 0.3 is 0 Å². The summed E-state index contributed by atoms with van der Waals surface area (Å²) >= 11 is 0. The van der Waals surface area contributed by atoms with Gasteiger partial charge in [-0.2, -0.15) is 0 Å². The number of carbonyl (C=O) groups excluding carboxylic acids is 1. The van der Waals surface area contributed by atoms with Crippen molar-refractivity contribution in [1.82, 2.24) is 5.32 Å². The van der Waals surface area contributed by atoms with Crippen LogP contribution in [0.1, 0.15) is 264 Å². The van der Waals surface area contributed by atoms with Gasteiger partial charge < -0.3 is 89.9 Å². The van der Waals surface area contributed by atoms with Crippen LogP contribution in [0.2, 0.25) is 0 Å². The zero-order chi connectivity index (χ0) is 61.2. The van der Waals surface area contributed by atoms with E-state index < -0.39 is 124 Å². The summed E-state index contributed by atoms with van der Waals surface area (Å²) in [7, 11) is 0. The Morgan fingerprint density at radius 2 is 0.738 bits per heavy atom. The molecule has 3 aliphatic rings. The van der Waals surface area contributed by atoms with Crippen molar-refractivity contribution in [3.05, 3.63) is 12.2 Å². The fourth-order valence-electron chi connectivity index (χ4n) is 11.8. The number of unbranched alkanes of at least 4 members (excludes halogenated alkanes) is 36. The van der Waals surface area contributed by atoms with Crippen molar-refractivity contribution >= 4 is 5.91 Å². The van der Waals surface area contributed by atoms with Crippen LogP contribution in [0.15, 0.2) is 12.2 Å². The van der Waals surface area contributed by atoms with E-state index >= 15 is 0 Å². The molecule has 0 aromatic heterocycles. The first-order valence-electron chi connectivity index (χ1n) is 33.9. The van der Waals surface area contributed by atoms with Crippen molar-refractivity contribution in [3.63, 3.8) is 0 Å². The number of hydrogen-bond acceptors (Lipinski definition) is 18. The topological polar surface area (TPSA) is 307 Å². The molecular formula is C65H123NO18. The lowest BCUT2D eigenvalue weighted by molar-refractivity contribution is -0.379. The highest BCUT2D eigenvalue weighted by atomic mass is 16.8. The minimum atomic E-state index is -1.97. The summed E-state index contributed by atoms with van der Waals surface area (Å²) in [6, 6.07) is -0.968. The molecule has 17 unspecified atom stereocenters. The SMILES string of the molecule is CCCCCCCCCCCCCCCCCCCCCCCCC/C=C/C(O)C(COC1OC(CO)C(OC2OC(CO)C(OC3OC(CO)C(O)C(O)C3O)C(O)C2O)C(O)C1O)NC(=O)CCCCCCCCCCCCCCCC. The molecule has 0 aromatic carbocycles. The molecular weight excluding hydrogens is 1080 g/mol. The Bertz CT molecular complexity index is 1580. The number of aliphatic hydroxyl groups is 11. The van der Waals surface area contributed by atoms with Crippen LogP contribution in [-0.2, 0) is 33.2 Å². The number of allylic oxidation sites excluding steroid dienone is 1. The Morgan fingerprint density at radius 3 is 1.12 bits per heavy atom. The third-order valence-electron chi connectivity index (χ3n) is 17.3. The van der Waals surface area contributed by atoms with Crippen molar-refractivity contribution in [1.29, 1.82) is 0 Å². The van der Waals surface area contributed by atoms with E-state index in [9.17, 15) is 61.0 Å². The summed E-state index contributed by atoms with van der Waals surface area (Å²) in [5, 5.41) is 120. The van der Waals surface area contributed by atoms with Gasteiger partial charge in [-0.25, -0.2) is 0 Å². The average molecular weight is 1210 g/mol. The molecule has 17 atom stereocenters. The molecule has 496 valence electrons. The second kappa shape index (κ2) is 48.4. The standard InChI is InChI=1S/C65H123NO18/c1-3-5-7-9-11-13-15-17-19-20-21-22-23-24-25-26-27-28-29-30-32-34-36-38-40-42-49(70)48(66-53(71)43-41-39-37-35-33-31-18-16-14-12-10-8-6-4-2)47-79-63-59(77)56(74)61(51(45-68)81-63)84-65-60(78)57(75)62(52(46-69)82-65)83-64-58(76)55(73)54(72)50(44-67)80-64/h40,42,48-52,54-65,67-70,72-78H,3-39,41,43-47H2,1-2H3,(H,66,71)/b42-40+. The minimum Gasteiger partial charge on any atom is -0.394 e. The van der Waals surface area contributed by atoms with E-state index in [1.54, 1.807) is 6.08 Å². The summed E-state index contributed by atoms with van der Waals surface area (Å²) in [4.78, 5) is 13.4. The van der Waals surface area contributed by atoms with Crippen molar-refractivity contribution in [3.8, 4) is 0 Å². The number of ether oxygens (including phenoxy) is 6. The van der Waals surface area contributed by atoms with E-state index in [2.05, 4.69) is 19.2 Å². The largest absolute Gasteiger partial charge is 0.394 e. The molecule has 0 aliphatic carbocycles. The van der Waals surface area contributed by atoms with Gasteiger partial charge in [-0.1, -0.05) is 251 Å². The Balaban J connectivity index is 1.44. The van der Waals surface area contributed by atoms with Crippen molar-refractivity contribution in [2.24, 2.45) is 0 Å². The molecule has 0 saturated carbocycles. The molecule has 19 heteroatoms. The number of rotatable bonds is 52. The van der Waals surface area contributed by atoms with Gasteiger partial charge in [-0.05, 0) is 19.3 Å². The zero-order valence-corrected chi connectivity index (χ0v) is 52.2. The smallest absolute Gasteiger partial charge is 0.220 e. The third-order valence-corrected chi connectivity index (χ3v) is 17.3. The molecule has 84 heavy (non-hydrogen) atoms. The normalized spacial score (nSPS) is 29.2. The Hall–Kier alpha value is -1.47. The van der Waals surface area contributed by atoms with Crippen molar-refractivity contribution in [2.75, 3.05) is 26.4 Å². The predicted octanol–water partition coefficient (Wildman–Crippen LogP) is 8.11. The van der Waals surface area contributed by atoms with Crippen LogP contribution in [0.5, 0.6) is 0 Å². The first kappa shape index (κ1) is 76.8. The van der Waals surface area contributed by atoms with E-state index in [0.717, 1.165) is 44.9 Å². The number of amides is 1. The maximum atomic E-state index is 13.4. The van der Waals surface area contributed by atoms with Gasteiger partial charge in [0, 0.05) is 6.42 Å². The Kier molecular flexibility index (Phi) is 44.2. The van der Waals surface area contributed by atoms with Gasteiger partial charge in [0.1, 0.15) is 73.2 Å². The van der Waals surface area contributed by atoms with E-state index in [0.29, 0.717) is 6.42 Å². The Labute approximate surface area is 506 Å². The summed E-state index contributed by atoms with van der Waals surface area (Å²) in [5.41, 5.74) is 0. The second-order valence-corrected chi connectivity index (χ2v) is 24.7. The maximum absolute atomic E-state index is 13.4. The lowest BCUT2D eigenvalue weighted by Crippen LogP contribution is -2.66. The molecule has 3 heterocycles. The van der Waals surface area contributed by atoms with Crippen LogP contribution >= 0.6 is 0 Å². The van der Waals surface area contributed by atoms with Crippen LogP contribution in [-0.4, -0.2) is 193 Å². The predicted molar refractivity (Wildman–Crippen MR) is 323 cm³/mol. The van der Waals surface area contributed by atoms with E-state index in [1.807, 2.05) is 6.08 Å². The molecule has 19 nitrogen and oxygen atoms in total. The summed E-state index contributed by atoms with van der Waals surface area (Å²) in [6.07, 6.45) is 24.8. The van der Waals surface area contributed by atoms with Gasteiger partial charge in [0.05, 0.1) is 38.6 Å². The molecule has 0 bridgehead atoms. The van der Waals surface area contributed by atoms with E-state index in [1.165, 1.54) is 193 Å². The van der Waals surface area contributed by atoms with Crippen LogP contribution < -0.4 is 5.32 Å². The van der Waals surface area contributed by atoms with Crippen LogP contribution in [0, 0.1) is 0 Å². The third kappa shape index (κ3) is 30.8. The number of hydrogen-bond donors (Lipinski definition) is 12. The molecule has 1 amide bonds. The summed E-state index contributed by atoms with van der Waals surface area (Å²) in [5.74, 6) is -0.271. The van der Waals surface area contributed by atoms with Gasteiger partial charge in [0.2, 0.25) is 5.91 Å². The quantitative estimate of drug-likeness (QED) is 0.0202. The molecule has 12 N–H and O–H groups in total. The fourth-order valence-corrected chi connectivity index (χ4v) is 11.8. The molecule has 0 aromatic rings. The first-order valence-corrected chi connectivity index (χ1v) is 33.9. The first-order chi connectivity index (χ1) is 40.8. The van der Waals surface area contributed by atoms with Gasteiger partial charge in [0.25, 0.3) is 0 Å². The van der Waals surface area contributed by atoms with Crippen LogP contribution in [0.4, 0.5) is 0 Å². The number of nitrogens with one attached hydrogen (secondary N) is 1. The summed E-state index contributed by atoms with van der Waals surface area (Å²) in [6.45, 7) is 1.76. The number of aliphatic hydroxyl groups excluding tert-OH is 11. The lowest BCUT2D eigenvalue weighted by Gasteiger charge is -2.48. The highest BCUT2D eigenvalue weighted by Gasteiger charge is 2.53. The van der Waals surface area contributed by atoms with Crippen LogP contribution in [0.25, 0.3) is 0 Å². The maximum Gasteiger partial charge on any atom is 0.220 e. The van der Waals surface area contributed by atoms with Crippen LogP contribution in [0.3, 0.4) is 0 Å². The zero-order valence-electron chi connectivity index (χ0n) is 52.2. The van der Waals surface area contributed by atoms with Gasteiger partial charge in [-0.15, -0.1) is 0 Å². The lowest BCUT2D eigenvalue weighted by atomic mass is 9.96. The molecule has 0 spiro atoms.